The first-order valence-electron chi connectivity index (χ1n) is 7.19. The fourth-order valence-electron chi connectivity index (χ4n) is 2.76. The third kappa shape index (κ3) is 2.81. The van der Waals surface area contributed by atoms with E-state index >= 15 is 0 Å². The number of halogens is 1. The molecule has 0 atom stereocenters. The molecule has 0 N–H and O–H groups in total. The fourth-order valence-corrected chi connectivity index (χ4v) is 2.99. The highest BCUT2D eigenvalue weighted by Crippen LogP contribution is 2.26. The van der Waals surface area contributed by atoms with Gasteiger partial charge in [-0.2, -0.15) is 0 Å². The van der Waals surface area contributed by atoms with E-state index in [0.29, 0.717) is 5.15 Å². The van der Waals surface area contributed by atoms with Gasteiger partial charge in [0.05, 0.1) is 0 Å². The quantitative estimate of drug-likeness (QED) is 0.853. The van der Waals surface area contributed by atoms with Crippen LogP contribution in [0, 0.1) is 13.8 Å². The van der Waals surface area contributed by atoms with Gasteiger partial charge in [0.2, 0.25) is 0 Å². The number of hydrogen-bond acceptors (Lipinski definition) is 4. The van der Waals surface area contributed by atoms with Crippen LogP contribution in [-0.2, 0) is 0 Å². The number of anilines is 2. The van der Waals surface area contributed by atoms with E-state index in [-0.39, 0.29) is 0 Å². The number of nitrogens with zero attached hydrogens (tertiary/aromatic N) is 4. The number of piperazine rings is 1. The first kappa shape index (κ1) is 14.1. The molecular formula is C16H19ClN4. The highest BCUT2D eigenvalue weighted by atomic mass is 35.5. The van der Waals surface area contributed by atoms with E-state index in [1.807, 2.05) is 0 Å². The van der Waals surface area contributed by atoms with Crippen LogP contribution in [0.2, 0.25) is 5.15 Å². The van der Waals surface area contributed by atoms with Crippen molar-refractivity contribution in [3.05, 3.63) is 46.9 Å². The van der Waals surface area contributed by atoms with E-state index in [0.717, 1.165) is 32.0 Å². The monoisotopic (exact) mass is 302 g/mol. The van der Waals surface area contributed by atoms with Crippen molar-refractivity contribution in [2.24, 2.45) is 0 Å². The van der Waals surface area contributed by atoms with Gasteiger partial charge in [-0.05, 0) is 31.0 Å². The maximum absolute atomic E-state index is 6.13. The highest BCUT2D eigenvalue weighted by molar-refractivity contribution is 6.31. The van der Waals surface area contributed by atoms with Gasteiger partial charge < -0.3 is 9.80 Å². The Hall–Kier alpha value is -1.81. The van der Waals surface area contributed by atoms with Gasteiger partial charge >= 0.3 is 0 Å². The predicted molar refractivity (Wildman–Crippen MR) is 87.4 cm³/mol. The fraction of sp³-hybridized carbons (Fsp3) is 0.375. The molecule has 2 heterocycles. The summed E-state index contributed by atoms with van der Waals surface area (Å²) < 4.78 is 0. The molecule has 5 heteroatoms. The van der Waals surface area contributed by atoms with E-state index in [4.69, 9.17) is 11.6 Å². The predicted octanol–water partition coefficient (Wildman–Crippen LogP) is 3.07. The van der Waals surface area contributed by atoms with E-state index in [1.165, 1.54) is 16.8 Å². The van der Waals surface area contributed by atoms with Crippen LogP contribution in [0.25, 0.3) is 0 Å². The first-order valence-corrected chi connectivity index (χ1v) is 7.57. The molecule has 110 valence electrons. The Kier molecular flexibility index (Phi) is 3.97. The van der Waals surface area contributed by atoms with Crippen LogP contribution < -0.4 is 9.80 Å². The lowest BCUT2D eigenvalue weighted by atomic mass is 10.1. The zero-order valence-electron chi connectivity index (χ0n) is 12.4. The van der Waals surface area contributed by atoms with Gasteiger partial charge in [0.1, 0.15) is 0 Å². The highest BCUT2D eigenvalue weighted by Gasteiger charge is 2.21. The Labute approximate surface area is 130 Å². The van der Waals surface area contributed by atoms with Gasteiger partial charge in [0.25, 0.3) is 0 Å². The molecule has 4 nitrogen and oxygen atoms in total. The van der Waals surface area contributed by atoms with Gasteiger partial charge in [0, 0.05) is 44.3 Å². The lowest BCUT2D eigenvalue weighted by Crippen LogP contribution is -2.47. The van der Waals surface area contributed by atoms with Crippen molar-refractivity contribution in [3.8, 4) is 0 Å². The number of aryl methyl sites for hydroxylation is 1. The standard InChI is InChI=1S/C16H19ClN4/c1-12-4-3-5-14(13(12)2)20-8-10-21(11-9-20)16-15(17)18-6-7-19-16/h3-7H,8-11H2,1-2H3. The Balaban J connectivity index is 1.74. The first-order chi connectivity index (χ1) is 10.2. The Morgan fingerprint density at radius 3 is 2.33 bits per heavy atom. The molecule has 1 fully saturated rings. The van der Waals surface area contributed by atoms with Gasteiger partial charge in [-0.15, -0.1) is 0 Å². The second-order valence-electron chi connectivity index (χ2n) is 5.36. The maximum Gasteiger partial charge on any atom is 0.171 e. The Bertz CT molecular complexity index is 636. The van der Waals surface area contributed by atoms with Crippen LogP contribution in [0.5, 0.6) is 0 Å². The zero-order valence-corrected chi connectivity index (χ0v) is 13.1. The number of hydrogen-bond donors (Lipinski definition) is 0. The molecule has 0 spiro atoms. The molecule has 0 unspecified atom stereocenters. The summed E-state index contributed by atoms with van der Waals surface area (Å²) in [5.74, 6) is 0.791. The molecule has 3 rings (SSSR count). The number of rotatable bonds is 2. The number of benzene rings is 1. The summed E-state index contributed by atoms with van der Waals surface area (Å²) in [6, 6.07) is 6.49. The Morgan fingerprint density at radius 2 is 1.62 bits per heavy atom. The maximum atomic E-state index is 6.13. The lowest BCUT2D eigenvalue weighted by Gasteiger charge is -2.37. The van der Waals surface area contributed by atoms with E-state index in [2.05, 4.69) is 51.8 Å². The van der Waals surface area contributed by atoms with Crippen LogP contribution in [0.3, 0.4) is 0 Å². The minimum atomic E-state index is 0.484. The minimum absolute atomic E-state index is 0.484. The van der Waals surface area contributed by atoms with Gasteiger partial charge in [-0.3, -0.25) is 0 Å². The molecule has 1 saturated heterocycles. The lowest BCUT2D eigenvalue weighted by molar-refractivity contribution is 0.645. The molecule has 0 radical (unpaired) electrons. The largest absolute Gasteiger partial charge is 0.368 e. The topological polar surface area (TPSA) is 32.3 Å². The second-order valence-corrected chi connectivity index (χ2v) is 5.72. The third-order valence-electron chi connectivity index (χ3n) is 4.13. The molecular weight excluding hydrogens is 284 g/mol. The molecule has 0 bridgehead atoms. The van der Waals surface area contributed by atoms with Crippen LogP contribution in [-0.4, -0.2) is 36.1 Å². The van der Waals surface area contributed by atoms with E-state index in [9.17, 15) is 0 Å². The normalized spacial score (nSPS) is 15.4. The van der Waals surface area contributed by atoms with Crippen molar-refractivity contribution in [1.29, 1.82) is 0 Å². The summed E-state index contributed by atoms with van der Waals surface area (Å²) in [5, 5.41) is 0.484. The van der Waals surface area contributed by atoms with Gasteiger partial charge in [-0.25, -0.2) is 9.97 Å². The summed E-state index contributed by atoms with van der Waals surface area (Å²) >= 11 is 6.13. The average Bonchev–Trinajstić information content (AvgIpc) is 2.51. The molecule has 1 aliphatic heterocycles. The van der Waals surface area contributed by atoms with Gasteiger partial charge in [0.15, 0.2) is 11.0 Å². The molecule has 0 saturated carbocycles. The van der Waals surface area contributed by atoms with Crippen LogP contribution in [0.1, 0.15) is 11.1 Å². The van der Waals surface area contributed by atoms with Crippen molar-refractivity contribution in [2.75, 3.05) is 36.0 Å². The molecule has 1 aromatic heterocycles. The Morgan fingerprint density at radius 1 is 0.952 bits per heavy atom. The van der Waals surface area contributed by atoms with Crippen molar-refractivity contribution in [2.45, 2.75) is 13.8 Å². The zero-order chi connectivity index (χ0) is 14.8. The number of aromatic nitrogens is 2. The summed E-state index contributed by atoms with van der Waals surface area (Å²) in [4.78, 5) is 13.1. The molecule has 0 amide bonds. The van der Waals surface area contributed by atoms with Crippen molar-refractivity contribution < 1.29 is 0 Å². The van der Waals surface area contributed by atoms with E-state index in [1.54, 1.807) is 12.4 Å². The summed E-state index contributed by atoms with van der Waals surface area (Å²) in [7, 11) is 0. The minimum Gasteiger partial charge on any atom is -0.368 e. The van der Waals surface area contributed by atoms with Crippen molar-refractivity contribution in [3.63, 3.8) is 0 Å². The van der Waals surface area contributed by atoms with E-state index < -0.39 is 0 Å². The molecule has 1 aromatic carbocycles. The van der Waals surface area contributed by atoms with Crippen LogP contribution >= 0.6 is 11.6 Å². The summed E-state index contributed by atoms with van der Waals surface area (Å²) in [6.07, 6.45) is 3.32. The molecule has 0 aliphatic carbocycles. The summed E-state index contributed by atoms with van der Waals surface area (Å²) in [6.45, 7) is 8.11. The summed E-state index contributed by atoms with van der Waals surface area (Å²) in [5.41, 5.74) is 4.04. The second kappa shape index (κ2) is 5.90. The third-order valence-corrected chi connectivity index (χ3v) is 4.40. The van der Waals surface area contributed by atoms with Crippen molar-refractivity contribution in [1.82, 2.24) is 9.97 Å². The molecule has 21 heavy (non-hydrogen) atoms. The van der Waals surface area contributed by atoms with Crippen LogP contribution in [0.15, 0.2) is 30.6 Å². The smallest absolute Gasteiger partial charge is 0.171 e. The molecule has 2 aromatic rings. The average molecular weight is 303 g/mol. The molecule has 1 aliphatic rings. The van der Waals surface area contributed by atoms with Crippen LogP contribution in [0.4, 0.5) is 11.5 Å². The SMILES string of the molecule is Cc1cccc(N2CCN(c3nccnc3Cl)CC2)c1C. The van der Waals surface area contributed by atoms with Crippen molar-refractivity contribution >= 4 is 23.1 Å². The van der Waals surface area contributed by atoms with Gasteiger partial charge in [-0.1, -0.05) is 23.7 Å².